The molecule has 32 heavy (non-hydrogen) atoms. The van der Waals surface area contributed by atoms with Gasteiger partial charge in [0.2, 0.25) is 0 Å². The molecule has 0 radical (unpaired) electrons. The molecule has 158 valence electrons. The van der Waals surface area contributed by atoms with Gasteiger partial charge in [0.25, 0.3) is 0 Å². The second kappa shape index (κ2) is 9.11. The first kappa shape index (κ1) is 20.8. The monoisotopic (exact) mass is 423 g/mol. The van der Waals surface area contributed by atoms with Crippen molar-refractivity contribution < 1.29 is 14.2 Å². The lowest BCUT2D eigenvalue weighted by Gasteiger charge is -2.15. The van der Waals surface area contributed by atoms with E-state index in [1.54, 1.807) is 20.3 Å². The Labute approximate surface area is 186 Å². The summed E-state index contributed by atoms with van der Waals surface area (Å²) in [5.41, 5.74) is 9.24. The van der Waals surface area contributed by atoms with Crippen molar-refractivity contribution >= 4 is 5.82 Å². The number of nitriles is 1. The Hall–Kier alpha value is -4.50. The number of nitrogens with zero attached hydrogens (tertiary/aromatic N) is 2. The summed E-state index contributed by atoms with van der Waals surface area (Å²) in [6.07, 6.45) is 0. The number of anilines is 1. The van der Waals surface area contributed by atoms with E-state index in [1.807, 2.05) is 72.8 Å². The molecule has 0 unspecified atom stereocenters. The van der Waals surface area contributed by atoms with E-state index in [0.717, 1.165) is 11.3 Å². The molecule has 0 aliphatic heterocycles. The topological polar surface area (TPSA) is 90.4 Å². The fourth-order valence-corrected chi connectivity index (χ4v) is 3.46. The average molecular weight is 423 g/mol. The zero-order valence-corrected chi connectivity index (χ0v) is 17.7. The van der Waals surface area contributed by atoms with Gasteiger partial charge in [-0.05, 0) is 48.5 Å². The van der Waals surface area contributed by atoms with Gasteiger partial charge < -0.3 is 19.9 Å². The van der Waals surface area contributed by atoms with Crippen LogP contribution in [0.5, 0.6) is 23.0 Å². The Morgan fingerprint density at radius 1 is 0.812 bits per heavy atom. The highest BCUT2D eigenvalue weighted by Gasteiger charge is 2.19. The highest BCUT2D eigenvalue weighted by Crippen LogP contribution is 2.41. The third-order valence-corrected chi connectivity index (χ3v) is 4.98. The van der Waals surface area contributed by atoms with E-state index in [9.17, 15) is 5.26 Å². The molecule has 4 aromatic rings. The molecule has 2 N–H and O–H groups in total. The molecule has 6 heteroatoms. The van der Waals surface area contributed by atoms with Gasteiger partial charge in [0, 0.05) is 16.7 Å². The molecule has 3 aromatic carbocycles. The van der Waals surface area contributed by atoms with Gasteiger partial charge in [0.15, 0.2) is 11.5 Å². The van der Waals surface area contributed by atoms with Gasteiger partial charge >= 0.3 is 0 Å². The predicted octanol–water partition coefficient (Wildman–Crippen LogP) is 5.68. The summed E-state index contributed by atoms with van der Waals surface area (Å²) in [6, 6.07) is 26.6. The summed E-state index contributed by atoms with van der Waals surface area (Å²) in [5, 5.41) is 9.73. The first-order chi connectivity index (χ1) is 15.6. The minimum atomic E-state index is 0.148. The summed E-state index contributed by atoms with van der Waals surface area (Å²) in [4.78, 5) is 4.45. The normalized spacial score (nSPS) is 10.3. The van der Waals surface area contributed by atoms with E-state index in [-0.39, 0.29) is 11.4 Å². The van der Waals surface area contributed by atoms with Crippen molar-refractivity contribution in [2.75, 3.05) is 20.0 Å². The lowest BCUT2D eigenvalue weighted by Crippen LogP contribution is -2.01. The standard InChI is InChI=1S/C26H21N3O3/c1-30-24-10-6-9-20(25(24)31-2)21-15-23(29-26(28)22(21)16-27)17-11-13-19(14-12-17)32-18-7-4-3-5-8-18/h3-15H,1-2H3,(H2,28,29). The van der Waals surface area contributed by atoms with Crippen LogP contribution in [0.2, 0.25) is 0 Å². The van der Waals surface area contributed by atoms with Crippen molar-refractivity contribution in [2.45, 2.75) is 0 Å². The molecule has 0 amide bonds. The second-order valence-corrected chi connectivity index (χ2v) is 6.91. The average Bonchev–Trinajstić information content (AvgIpc) is 2.84. The van der Waals surface area contributed by atoms with Crippen LogP contribution in [0.3, 0.4) is 0 Å². The number of benzene rings is 3. The van der Waals surface area contributed by atoms with Crippen molar-refractivity contribution in [1.29, 1.82) is 5.26 Å². The zero-order chi connectivity index (χ0) is 22.5. The van der Waals surface area contributed by atoms with Gasteiger partial charge in [-0.25, -0.2) is 4.98 Å². The van der Waals surface area contributed by atoms with E-state index in [1.165, 1.54) is 0 Å². The summed E-state index contributed by atoms with van der Waals surface area (Å²) in [6.45, 7) is 0. The van der Waals surface area contributed by atoms with E-state index < -0.39 is 0 Å². The number of nitrogens with two attached hydrogens (primary N) is 1. The number of pyridine rings is 1. The van der Waals surface area contributed by atoms with Gasteiger partial charge in [-0.15, -0.1) is 0 Å². The van der Waals surface area contributed by atoms with Crippen molar-refractivity contribution in [2.24, 2.45) is 0 Å². The van der Waals surface area contributed by atoms with E-state index in [2.05, 4.69) is 11.1 Å². The Bertz CT molecular complexity index is 1280. The van der Waals surface area contributed by atoms with Crippen molar-refractivity contribution in [3.05, 3.63) is 84.4 Å². The summed E-state index contributed by atoms with van der Waals surface area (Å²) < 4.78 is 16.8. The maximum absolute atomic E-state index is 9.73. The number of hydrogen-bond acceptors (Lipinski definition) is 6. The highest BCUT2D eigenvalue weighted by molar-refractivity contribution is 5.84. The molecule has 0 spiro atoms. The van der Waals surface area contributed by atoms with Crippen LogP contribution in [0.4, 0.5) is 5.82 Å². The molecule has 4 rings (SSSR count). The molecular formula is C26H21N3O3. The Kier molecular flexibility index (Phi) is 5.91. The van der Waals surface area contributed by atoms with Crippen LogP contribution < -0.4 is 19.9 Å². The van der Waals surface area contributed by atoms with Gasteiger partial charge in [-0.2, -0.15) is 5.26 Å². The van der Waals surface area contributed by atoms with Crippen molar-refractivity contribution in [3.8, 4) is 51.5 Å². The van der Waals surface area contributed by atoms with Crippen LogP contribution in [0, 0.1) is 11.3 Å². The first-order valence-corrected chi connectivity index (χ1v) is 9.90. The summed E-state index contributed by atoms with van der Waals surface area (Å²) in [7, 11) is 3.13. The SMILES string of the molecule is COc1cccc(-c2cc(-c3ccc(Oc4ccccc4)cc3)nc(N)c2C#N)c1OC. The van der Waals surface area contributed by atoms with Crippen LogP contribution in [-0.2, 0) is 0 Å². The Morgan fingerprint density at radius 2 is 1.53 bits per heavy atom. The van der Waals surface area contributed by atoms with Crippen LogP contribution in [0.15, 0.2) is 78.9 Å². The number of nitrogen functional groups attached to an aromatic ring is 1. The summed E-state index contributed by atoms with van der Waals surface area (Å²) >= 11 is 0. The number of methoxy groups -OCH3 is 2. The largest absolute Gasteiger partial charge is 0.493 e. The molecule has 0 aliphatic carbocycles. The number of rotatable bonds is 6. The first-order valence-electron chi connectivity index (χ1n) is 9.90. The molecule has 0 saturated heterocycles. The number of aromatic nitrogens is 1. The van der Waals surface area contributed by atoms with E-state index in [0.29, 0.717) is 34.1 Å². The maximum Gasteiger partial charge on any atom is 0.168 e. The van der Waals surface area contributed by atoms with Gasteiger partial charge in [0.1, 0.15) is 28.9 Å². The molecule has 0 atom stereocenters. The smallest absolute Gasteiger partial charge is 0.168 e. The zero-order valence-electron chi connectivity index (χ0n) is 17.7. The fourth-order valence-electron chi connectivity index (χ4n) is 3.46. The van der Waals surface area contributed by atoms with Crippen LogP contribution in [-0.4, -0.2) is 19.2 Å². The third kappa shape index (κ3) is 4.05. The van der Waals surface area contributed by atoms with Crippen LogP contribution >= 0.6 is 0 Å². The molecule has 0 saturated carbocycles. The van der Waals surface area contributed by atoms with Crippen molar-refractivity contribution in [3.63, 3.8) is 0 Å². The quantitative estimate of drug-likeness (QED) is 0.429. The minimum absolute atomic E-state index is 0.148. The molecule has 1 heterocycles. The number of hydrogen-bond donors (Lipinski definition) is 1. The second-order valence-electron chi connectivity index (χ2n) is 6.91. The molecule has 0 bridgehead atoms. The van der Waals surface area contributed by atoms with E-state index in [4.69, 9.17) is 19.9 Å². The molecule has 6 nitrogen and oxygen atoms in total. The van der Waals surface area contributed by atoms with Gasteiger partial charge in [0.05, 0.1) is 19.9 Å². The highest BCUT2D eigenvalue weighted by atomic mass is 16.5. The molecule has 0 aliphatic rings. The number of ether oxygens (including phenoxy) is 3. The molecular weight excluding hydrogens is 402 g/mol. The molecule has 1 aromatic heterocycles. The summed E-state index contributed by atoms with van der Waals surface area (Å²) in [5.74, 6) is 2.70. The number of para-hydroxylation sites is 2. The third-order valence-electron chi connectivity index (χ3n) is 4.98. The lowest BCUT2D eigenvalue weighted by molar-refractivity contribution is 0.356. The van der Waals surface area contributed by atoms with E-state index >= 15 is 0 Å². The van der Waals surface area contributed by atoms with Gasteiger partial charge in [-0.1, -0.05) is 30.3 Å². The predicted molar refractivity (Wildman–Crippen MR) is 124 cm³/mol. The molecule has 0 fully saturated rings. The van der Waals surface area contributed by atoms with Crippen molar-refractivity contribution in [1.82, 2.24) is 4.98 Å². The lowest BCUT2D eigenvalue weighted by atomic mass is 9.97. The minimum Gasteiger partial charge on any atom is -0.493 e. The Balaban J connectivity index is 1.76. The van der Waals surface area contributed by atoms with Crippen LogP contribution in [0.25, 0.3) is 22.4 Å². The fraction of sp³-hybridized carbons (Fsp3) is 0.0769. The Morgan fingerprint density at radius 3 is 2.19 bits per heavy atom. The van der Waals surface area contributed by atoms with Gasteiger partial charge in [-0.3, -0.25) is 0 Å². The maximum atomic E-state index is 9.73. The van der Waals surface area contributed by atoms with Crippen LogP contribution in [0.1, 0.15) is 5.56 Å².